The number of likely N-dealkylation sites (tertiary alicyclic amines) is 1. The fraction of sp³-hybridized carbons (Fsp3) is 0.409. The van der Waals surface area contributed by atoms with Gasteiger partial charge in [-0.2, -0.15) is 0 Å². The normalized spacial score (nSPS) is 16.9. The number of carbonyl (C=O) groups excluding carboxylic acids is 3. The quantitative estimate of drug-likeness (QED) is 0.488. The summed E-state index contributed by atoms with van der Waals surface area (Å²) in [6.07, 6.45) is 1.15. The number of amides is 3. The summed E-state index contributed by atoms with van der Waals surface area (Å²) >= 11 is 0. The van der Waals surface area contributed by atoms with Crippen molar-refractivity contribution in [2.24, 2.45) is 5.92 Å². The summed E-state index contributed by atoms with van der Waals surface area (Å²) in [5.74, 6) is -2.13. The first-order valence-electron chi connectivity index (χ1n) is 10.5. The minimum atomic E-state index is -1.68. The SMILES string of the molecule is CC(C)[C@H](NC(=O)[C@@H]1CCCN1C(=O)CNC(=O)c1ccc2ccccc2c1)B(O)O. The molecule has 31 heavy (non-hydrogen) atoms. The van der Waals surface area contributed by atoms with Gasteiger partial charge in [-0.1, -0.05) is 44.2 Å². The lowest BCUT2D eigenvalue weighted by Gasteiger charge is -2.28. The molecule has 3 amide bonds. The van der Waals surface area contributed by atoms with Crippen LogP contribution in [0.15, 0.2) is 42.5 Å². The Kier molecular flexibility index (Phi) is 7.30. The van der Waals surface area contributed by atoms with Crippen LogP contribution < -0.4 is 10.6 Å². The first kappa shape index (κ1) is 22.8. The van der Waals surface area contributed by atoms with Crippen LogP contribution in [-0.2, 0) is 9.59 Å². The molecule has 1 heterocycles. The minimum Gasteiger partial charge on any atom is -0.426 e. The van der Waals surface area contributed by atoms with E-state index in [1.54, 1.807) is 26.0 Å². The zero-order valence-electron chi connectivity index (χ0n) is 17.7. The predicted molar refractivity (Wildman–Crippen MR) is 118 cm³/mol. The first-order chi connectivity index (χ1) is 14.8. The third kappa shape index (κ3) is 5.42. The van der Waals surface area contributed by atoms with Gasteiger partial charge in [0.05, 0.1) is 12.5 Å². The summed E-state index contributed by atoms with van der Waals surface area (Å²) in [6, 6.07) is 12.3. The van der Waals surface area contributed by atoms with Crippen molar-refractivity contribution in [3.8, 4) is 0 Å². The van der Waals surface area contributed by atoms with E-state index in [4.69, 9.17) is 0 Å². The molecule has 8 nitrogen and oxygen atoms in total. The highest BCUT2D eigenvalue weighted by atomic mass is 16.4. The van der Waals surface area contributed by atoms with E-state index in [0.717, 1.165) is 10.8 Å². The van der Waals surface area contributed by atoms with E-state index >= 15 is 0 Å². The predicted octanol–water partition coefficient (Wildman–Crippen LogP) is 0.713. The number of benzene rings is 2. The van der Waals surface area contributed by atoms with Gasteiger partial charge in [-0.25, -0.2) is 0 Å². The van der Waals surface area contributed by atoms with Crippen molar-refractivity contribution in [1.82, 2.24) is 15.5 Å². The molecule has 2 aromatic carbocycles. The van der Waals surface area contributed by atoms with Gasteiger partial charge >= 0.3 is 7.12 Å². The van der Waals surface area contributed by atoms with Gasteiger partial charge in [-0.3, -0.25) is 14.4 Å². The van der Waals surface area contributed by atoms with Crippen LogP contribution in [0.4, 0.5) is 0 Å². The lowest BCUT2D eigenvalue weighted by molar-refractivity contribution is -0.137. The number of rotatable bonds is 7. The van der Waals surface area contributed by atoms with Gasteiger partial charge in [-0.15, -0.1) is 0 Å². The molecule has 3 rings (SSSR count). The Morgan fingerprint density at radius 3 is 2.52 bits per heavy atom. The van der Waals surface area contributed by atoms with E-state index in [1.807, 2.05) is 30.3 Å². The molecule has 0 spiro atoms. The van der Waals surface area contributed by atoms with Crippen molar-refractivity contribution in [3.63, 3.8) is 0 Å². The Balaban J connectivity index is 1.59. The first-order valence-corrected chi connectivity index (χ1v) is 10.5. The van der Waals surface area contributed by atoms with Gasteiger partial charge in [0.25, 0.3) is 5.91 Å². The summed E-state index contributed by atoms with van der Waals surface area (Å²) in [5.41, 5.74) is 0.457. The summed E-state index contributed by atoms with van der Waals surface area (Å²) in [5, 5.41) is 26.2. The number of fused-ring (bicyclic) bond motifs is 1. The fourth-order valence-corrected chi connectivity index (χ4v) is 3.87. The van der Waals surface area contributed by atoms with Crippen LogP contribution in [0, 0.1) is 5.92 Å². The van der Waals surface area contributed by atoms with Crippen molar-refractivity contribution in [2.45, 2.75) is 38.7 Å². The molecule has 1 saturated heterocycles. The lowest BCUT2D eigenvalue weighted by atomic mass is 9.73. The molecular weight excluding hydrogens is 397 g/mol. The molecule has 1 aliphatic rings. The van der Waals surface area contributed by atoms with E-state index < -0.39 is 25.0 Å². The molecule has 1 aliphatic heterocycles. The number of hydrogen-bond acceptors (Lipinski definition) is 5. The molecule has 164 valence electrons. The molecular formula is C22H28BN3O5. The number of nitrogens with one attached hydrogen (secondary N) is 2. The zero-order valence-corrected chi connectivity index (χ0v) is 17.7. The molecule has 2 atom stereocenters. The van der Waals surface area contributed by atoms with Crippen molar-refractivity contribution in [2.75, 3.05) is 13.1 Å². The highest BCUT2D eigenvalue weighted by Crippen LogP contribution is 2.19. The van der Waals surface area contributed by atoms with Gasteiger partial charge in [0.15, 0.2) is 0 Å². The van der Waals surface area contributed by atoms with Crippen LogP contribution in [0.3, 0.4) is 0 Å². The van der Waals surface area contributed by atoms with Crippen LogP contribution in [0.1, 0.15) is 37.0 Å². The fourth-order valence-electron chi connectivity index (χ4n) is 3.87. The second-order valence-electron chi connectivity index (χ2n) is 8.18. The second-order valence-corrected chi connectivity index (χ2v) is 8.18. The average Bonchev–Trinajstić information content (AvgIpc) is 3.24. The Hall–Kier alpha value is -2.91. The Bertz CT molecular complexity index is 957. The third-order valence-electron chi connectivity index (χ3n) is 5.64. The molecule has 0 aliphatic carbocycles. The Labute approximate surface area is 181 Å². The highest BCUT2D eigenvalue weighted by Gasteiger charge is 2.37. The van der Waals surface area contributed by atoms with Gasteiger partial charge in [0.1, 0.15) is 6.04 Å². The van der Waals surface area contributed by atoms with Crippen LogP contribution in [0.2, 0.25) is 0 Å². The molecule has 2 aromatic rings. The molecule has 0 saturated carbocycles. The second kappa shape index (κ2) is 9.93. The van der Waals surface area contributed by atoms with Crippen molar-refractivity contribution < 1.29 is 24.4 Å². The van der Waals surface area contributed by atoms with E-state index in [9.17, 15) is 24.4 Å². The summed E-state index contributed by atoms with van der Waals surface area (Å²) < 4.78 is 0. The highest BCUT2D eigenvalue weighted by molar-refractivity contribution is 6.43. The minimum absolute atomic E-state index is 0.184. The monoisotopic (exact) mass is 425 g/mol. The molecule has 0 radical (unpaired) electrons. The molecule has 9 heteroatoms. The van der Waals surface area contributed by atoms with Gasteiger partial charge in [0, 0.05) is 12.1 Å². The van der Waals surface area contributed by atoms with Crippen LogP contribution in [0.5, 0.6) is 0 Å². The average molecular weight is 425 g/mol. The van der Waals surface area contributed by atoms with Crippen LogP contribution in [0.25, 0.3) is 10.8 Å². The van der Waals surface area contributed by atoms with Crippen molar-refractivity contribution >= 4 is 35.6 Å². The van der Waals surface area contributed by atoms with E-state index in [-0.39, 0.29) is 24.3 Å². The van der Waals surface area contributed by atoms with Crippen LogP contribution in [-0.4, -0.2) is 64.9 Å². The largest absolute Gasteiger partial charge is 0.475 e. The summed E-state index contributed by atoms with van der Waals surface area (Å²) in [6.45, 7) is 3.73. The zero-order chi connectivity index (χ0) is 22.5. The van der Waals surface area contributed by atoms with Gasteiger partial charge in [0.2, 0.25) is 11.8 Å². The molecule has 4 N–H and O–H groups in total. The molecule has 0 unspecified atom stereocenters. The maximum atomic E-state index is 12.7. The number of hydrogen-bond donors (Lipinski definition) is 4. The van der Waals surface area contributed by atoms with Gasteiger partial charge in [-0.05, 0) is 41.7 Å². The van der Waals surface area contributed by atoms with Gasteiger partial charge < -0.3 is 25.6 Å². The third-order valence-corrected chi connectivity index (χ3v) is 5.64. The molecule has 1 fully saturated rings. The van der Waals surface area contributed by atoms with E-state index in [0.29, 0.717) is 24.9 Å². The smallest absolute Gasteiger partial charge is 0.426 e. The lowest BCUT2D eigenvalue weighted by Crippen LogP contribution is -2.56. The Morgan fingerprint density at radius 1 is 1.13 bits per heavy atom. The molecule has 0 aromatic heterocycles. The van der Waals surface area contributed by atoms with Crippen molar-refractivity contribution in [3.05, 3.63) is 48.0 Å². The Morgan fingerprint density at radius 2 is 1.84 bits per heavy atom. The van der Waals surface area contributed by atoms with Crippen LogP contribution >= 0.6 is 0 Å². The maximum Gasteiger partial charge on any atom is 0.475 e. The summed E-state index contributed by atoms with van der Waals surface area (Å²) in [4.78, 5) is 39.3. The molecule has 0 bridgehead atoms. The topological polar surface area (TPSA) is 119 Å². The maximum absolute atomic E-state index is 12.7. The number of nitrogens with zero attached hydrogens (tertiary/aromatic N) is 1. The standard InChI is InChI=1S/C22H28BN3O5/c1-14(2)20(23(30)31)25-22(29)18-8-5-11-26(18)19(27)13-24-21(28)17-10-9-15-6-3-4-7-16(15)12-17/h3-4,6-7,9-10,12,14,18,20,30-31H,5,8,11,13H2,1-2H3,(H,24,28)(H,25,29)/t18-,20-/m0/s1. The number of carbonyl (C=O) groups is 3. The summed E-state index contributed by atoms with van der Waals surface area (Å²) in [7, 11) is -1.68. The van der Waals surface area contributed by atoms with E-state index in [2.05, 4.69) is 10.6 Å². The van der Waals surface area contributed by atoms with Crippen molar-refractivity contribution in [1.29, 1.82) is 0 Å². The van der Waals surface area contributed by atoms with E-state index in [1.165, 1.54) is 4.90 Å².